The van der Waals surface area contributed by atoms with Gasteiger partial charge in [-0.15, -0.1) is 0 Å². The lowest BCUT2D eigenvalue weighted by Gasteiger charge is -2.31. The Labute approximate surface area is 173 Å². The number of nitrogens with zero attached hydrogens (tertiary/aromatic N) is 3. The van der Waals surface area contributed by atoms with Crippen LogP contribution in [-0.2, 0) is 16.4 Å². The van der Waals surface area contributed by atoms with E-state index in [1.165, 1.54) is 6.07 Å². The van der Waals surface area contributed by atoms with Crippen molar-refractivity contribution in [2.75, 3.05) is 19.3 Å². The van der Waals surface area contributed by atoms with E-state index in [2.05, 4.69) is 15.3 Å². The van der Waals surface area contributed by atoms with E-state index in [0.29, 0.717) is 36.5 Å². The molecule has 8 nitrogen and oxygen atoms in total. The molecule has 156 valence electrons. The van der Waals surface area contributed by atoms with Crippen molar-refractivity contribution in [1.82, 2.24) is 20.2 Å². The maximum atomic E-state index is 12.8. The minimum absolute atomic E-state index is 0.0677. The van der Waals surface area contributed by atoms with E-state index in [0.717, 1.165) is 18.6 Å². The van der Waals surface area contributed by atoms with Crippen molar-refractivity contribution >= 4 is 27.5 Å². The third kappa shape index (κ3) is 5.77. The highest BCUT2D eigenvalue weighted by Gasteiger charge is 2.25. The van der Waals surface area contributed by atoms with Crippen LogP contribution in [0.1, 0.15) is 18.4 Å². The number of ether oxygens (including phenoxy) is 1. The number of hydrogen-bond acceptors (Lipinski definition) is 6. The molecule has 0 radical (unpaired) electrons. The molecule has 0 unspecified atom stereocenters. The van der Waals surface area contributed by atoms with E-state index in [1.807, 2.05) is 0 Å². The summed E-state index contributed by atoms with van der Waals surface area (Å²) in [7, 11) is -3.47. The molecule has 1 aliphatic heterocycles. The van der Waals surface area contributed by atoms with Gasteiger partial charge in [0.05, 0.1) is 17.3 Å². The lowest BCUT2D eigenvalue weighted by molar-refractivity contribution is 0.103. The van der Waals surface area contributed by atoms with E-state index in [9.17, 15) is 17.6 Å². The van der Waals surface area contributed by atoms with E-state index < -0.39 is 15.7 Å². The summed E-state index contributed by atoms with van der Waals surface area (Å²) in [5.41, 5.74) is 0.469. The number of halogens is 2. The van der Waals surface area contributed by atoms with Gasteiger partial charge < -0.3 is 15.0 Å². The zero-order chi connectivity index (χ0) is 21.0. The highest BCUT2D eigenvalue weighted by molar-refractivity contribution is 7.90. The van der Waals surface area contributed by atoms with Gasteiger partial charge in [0.1, 0.15) is 6.10 Å². The number of rotatable bonds is 5. The van der Waals surface area contributed by atoms with Crippen molar-refractivity contribution in [3.63, 3.8) is 0 Å². The molecule has 2 aromatic rings. The molecular weight excluding hydrogens is 423 g/mol. The lowest BCUT2D eigenvalue weighted by atomic mass is 10.1. The number of carbonyl (C=O) groups is 1. The summed E-state index contributed by atoms with van der Waals surface area (Å²) in [4.78, 5) is 21.7. The Balaban J connectivity index is 1.52. The number of sulfone groups is 1. The van der Waals surface area contributed by atoms with Crippen LogP contribution in [0, 0.1) is 5.82 Å². The second-order valence-electron chi connectivity index (χ2n) is 6.67. The van der Waals surface area contributed by atoms with Gasteiger partial charge in [-0.25, -0.2) is 27.6 Å². The summed E-state index contributed by atoms with van der Waals surface area (Å²) < 4.78 is 42.3. The van der Waals surface area contributed by atoms with E-state index in [-0.39, 0.29) is 29.6 Å². The van der Waals surface area contributed by atoms with Gasteiger partial charge >= 0.3 is 12.0 Å². The van der Waals surface area contributed by atoms with Gasteiger partial charge in [-0.05, 0) is 17.7 Å². The highest BCUT2D eigenvalue weighted by atomic mass is 35.5. The topological polar surface area (TPSA) is 101 Å². The van der Waals surface area contributed by atoms with Crippen LogP contribution in [0.4, 0.5) is 9.18 Å². The molecule has 1 fully saturated rings. The van der Waals surface area contributed by atoms with Gasteiger partial charge in [0.15, 0.2) is 15.7 Å². The largest absolute Gasteiger partial charge is 0.460 e. The fraction of sp³-hybridized carbons (Fsp3) is 0.389. The molecule has 0 bridgehead atoms. The number of piperidine rings is 1. The second-order valence-corrected chi connectivity index (χ2v) is 9.09. The lowest BCUT2D eigenvalue weighted by Crippen LogP contribution is -2.46. The molecule has 1 N–H and O–H groups in total. The Kier molecular flexibility index (Phi) is 6.53. The molecule has 1 aliphatic rings. The number of amides is 2. The number of hydrogen-bond donors (Lipinski definition) is 1. The number of aromatic nitrogens is 2. The smallest absolute Gasteiger partial charge is 0.317 e. The predicted octanol–water partition coefficient (Wildman–Crippen LogP) is 2.43. The van der Waals surface area contributed by atoms with Gasteiger partial charge in [0, 0.05) is 43.8 Å². The Hall–Kier alpha value is -2.46. The molecule has 0 spiro atoms. The average molecular weight is 443 g/mol. The van der Waals surface area contributed by atoms with Crippen molar-refractivity contribution in [1.29, 1.82) is 0 Å². The van der Waals surface area contributed by atoms with Crippen molar-refractivity contribution in [2.45, 2.75) is 30.4 Å². The summed E-state index contributed by atoms with van der Waals surface area (Å²) in [5, 5.41) is 3.06. The Morgan fingerprint density at radius 2 is 1.97 bits per heavy atom. The van der Waals surface area contributed by atoms with E-state index in [4.69, 9.17) is 16.3 Å². The van der Waals surface area contributed by atoms with Crippen LogP contribution >= 0.6 is 11.6 Å². The quantitative estimate of drug-likeness (QED) is 0.763. The third-order valence-corrected chi connectivity index (χ3v) is 5.87. The van der Waals surface area contributed by atoms with Crippen LogP contribution in [-0.4, -0.2) is 54.8 Å². The highest BCUT2D eigenvalue weighted by Crippen LogP contribution is 2.21. The van der Waals surface area contributed by atoms with Crippen molar-refractivity contribution in [2.24, 2.45) is 0 Å². The molecule has 1 saturated heterocycles. The average Bonchev–Trinajstić information content (AvgIpc) is 2.68. The molecule has 1 aromatic carbocycles. The van der Waals surface area contributed by atoms with Crippen molar-refractivity contribution in [3.8, 4) is 6.01 Å². The van der Waals surface area contributed by atoms with Crippen LogP contribution in [0.5, 0.6) is 6.01 Å². The van der Waals surface area contributed by atoms with Gasteiger partial charge in [0.25, 0.3) is 0 Å². The second kappa shape index (κ2) is 8.91. The summed E-state index contributed by atoms with van der Waals surface area (Å²) in [6, 6.07) is 4.35. The van der Waals surface area contributed by atoms with Crippen LogP contribution in [0.3, 0.4) is 0 Å². The first-order valence-corrected chi connectivity index (χ1v) is 11.1. The molecule has 0 saturated carbocycles. The van der Waals surface area contributed by atoms with Crippen LogP contribution in [0.25, 0.3) is 0 Å². The molecule has 1 aromatic heterocycles. The zero-order valence-electron chi connectivity index (χ0n) is 15.6. The standard InChI is InChI=1S/C18H20ClFN4O4S/c1-29(26,27)16-8-13(19)3-2-12(16)9-23-18(25)24-6-4-15(5-7-24)28-17-21-10-14(20)11-22-17/h2-3,8,10-11,15H,4-7,9H2,1H3,(H,23,25). The molecule has 0 atom stereocenters. The van der Waals surface area contributed by atoms with Gasteiger partial charge in [0.2, 0.25) is 0 Å². The summed E-state index contributed by atoms with van der Waals surface area (Å²) in [5.74, 6) is -0.538. The number of benzene rings is 1. The summed E-state index contributed by atoms with van der Waals surface area (Å²) in [6.45, 7) is 0.979. The van der Waals surface area contributed by atoms with Crippen molar-refractivity contribution in [3.05, 3.63) is 47.0 Å². The maximum absolute atomic E-state index is 12.8. The van der Waals surface area contributed by atoms with Gasteiger partial charge in [-0.2, -0.15) is 0 Å². The molecule has 29 heavy (non-hydrogen) atoms. The summed E-state index contributed by atoms with van der Waals surface area (Å²) in [6.07, 6.45) is 4.14. The van der Waals surface area contributed by atoms with Gasteiger partial charge in [-0.3, -0.25) is 0 Å². The van der Waals surface area contributed by atoms with Crippen molar-refractivity contribution < 1.29 is 22.3 Å². The normalized spacial score (nSPS) is 15.2. The molecule has 2 heterocycles. The Bertz CT molecular complexity index is 980. The maximum Gasteiger partial charge on any atom is 0.317 e. The molecular formula is C18H20ClFN4O4S. The van der Waals surface area contributed by atoms with E-state index >= 15 is 0 Å². The minimum atomic E-state index is -3.47. The predicted molar refractivity (Wildman–Crippen MR) is 104 cm³/mol. The molecule has 0 aliphatic carbocycles. The monoisotopic (exact) mass is 442 g/mol. The molecule has 2 amide bonds. The van der Waals surface area contributed by atoms with E-state index in [1.54, 1.807) is 17.0 Å². The van der Waals surface area contributed by atoms with Crippen LogP contribution in [0.2, 0.25) is 5.02 Å². The number of nitrogens with one attached hydrogen (secondary N) is 1. The fourth-order valence-corrected chi connectivity index (χ4v) is 4.18. The van der Waals surface area contributed by atoms with Gasteiger partial charge in [-0.1, -0.05) is 17.7 Å². The first-order chi connectivity index (χ1) is 13.7. The minimum Gasteiger partial charge on any atom is -0.460 e. The first kappa shape index (κ1) is 21.3. The number of carbonyl (C=O) groups excluding carboxylic acids is 1. The third-order valence-electron chi connectivity index (χ3n) is 4.46. The summed E-state index contributed by atoms with van der Waals surface area (Å²) >= 11 is 5.89. The molecule has 3 rings (SSSR count). The fourth-order valence-electron chi connectivity index (χ4n) is 2.99. The van der Waals surface area contributed by atoms with Crippen LogP contribution < -0.4 is 10.1 Å². The first-order valence-electron chi connectivity index (χ1n) is 8.88. The Morgan fingerprint density at radius 1 is 1.31 bits per heavy atom. The SMILES string of the molecule is CS(=O)(=O)c1cc(Cl)ccc1CNC(=O)N1CCC(Oc2ncc(F)cn2)CC1. The molecule has 11 heteroatoms. The zero-order valence-corrected chi connectivity index (χ0v) is 17.2. The Morgan fingerprint density at radius 3 is 2.59 bits per heavy atom. The number of likely N-dealkylation sites (tertiary alicyclic amines) is 1. The number of urea groups is 1. The van der Waals surface area contributed by atoms with Crippen LogP contribution in [0.15, 0.2) is 35.5 Å².